The van der Waals surface area contributed by atoms with Crippen molar-refractivity contribution < 1.29 is 9.50 Å². The van der Waals surface area contributed by atoms with Gasteiger partial charge in [0.25, 0.3) is 0 Å². The largest absolute Gasteiger partial charge is 0.392 e. The van der Waals surface area contributed by atoms with Crippen LogP contribution in [0.2, 0.25) is 0 Å². The van der Waals surface area contributed by atoms with Crippen molar-refractivity contribution in [3.05, 3.63) is 35.6 Å². The first kappa shape index (κ1) is 11.1. The van der Waals surface area contributed by atoms with Crippen LogP contribution >= 0.6 is 0 Å². The summed E-state index contributed by atoms with van der Waals surface area (Å²) in [4.78, 5) is 0. The molecule has 0 fully saturated rings. The summed E-state index contributed by atoms with van der Waals surface area (Å²) in [5.41, 5.74) is 1.02. The maximum absolute atomic E-state index is 12.6. The van der Waals surface area contributed by atoms with Gasteiger partial charge in [0.05, 0.1) is 6.10 Å². The summed E-state index contributed by atoms with van der Waals surface area (Å²) < 4.78 is 12.6. The van der Waals surface area contributed by atoms with E-state index in [1.165, 1.54) is 12.1 Å². The van der Waals surface area contributed by atoms with E-state index in [2.05, 4.69) is 5.32 Å². The van der Waals surface area contributed by atoms with Gasteiger partial charge in [0.1, 0.15) is 5.82 Å². The van der Waals surface area contributed by atoms with E-state index < -0.39 is 0 Å². The Morgan fingerprint density at radius 3 is 2.36 bits per heavy atom. The van der Waals surface area contributed by atoms with Crippen LogP contribution in [0.25, 0.3) is 0 Å². The van der Waals surface area contributed by atoms with Crippen LogP contribution in [0.3, 0.4) is 0 Å². The zero-order valence-corrected chi connectivity index (χ0v) is 8.50. The molecule has 0 radical (unpaired) electrons. The zero-order chi connectivity index (χ0) is 10.6. The first-order valence-electron chi connectivity index (χ1n) is 4.76. The Balaban J connectivity index is 2.52. The molecule has 0 spiro atoms. The summed E-state index contributed by atoms with van der Waals surface area (Å²) in [5.74, 6) is -0.225. The molecule has 14 heavy (non-hydrogen) atoms. The summed E-state index contributed by atoms with van der Waals surface area (Å²) in [6.45, 7) is 4.25. The van der Waals surface area contributed by atoms with Crippen LogP contribution in [0.5, 0.6) is 0 Å². The smallest absolute Gasteiger partial charge is 0.123 e. The van der Waals surface area contributed by atoms with Crippen molar-refractivity contribution >= 4 is 0 Å². The van der Waals surface area contributed by atoms with Crippen LogP contribution in [-0.4, -0.2) is 17.8 Å². The van der Waals surface area contributed by atoms with Gasteiger partial charge in [0.15, 0.2) is 0 Å². The highest BCUT2D eigenvalue weighted by molar-refractivity contribution is 5.19. The summed E-state index contributed by atoms with van der Waals surface area (Å²) in [7, 11) is 0. The quantitative estimate of drug-likeness (QED) is 0.772. The Morgan fingerprint density at radius 2 is 1.86 bits per heavy atom. The maximum atomic E-state index is 12.6. The fourth-order valence-corrected chi connectivity index (χ4v) is 1.22. The molecule has 0 aliphatic heterocycles. The maximum Gasteiger partial charge on any atom is 0.123 e. The third kappa shape index (κ3) is 3.44. The predicted octanol–water partition coefficient (Wildman–Crippen LogP) is 1.86. The molecular formula is C11H16FNO. The fourth-order valence-electron chi connectivity index (χ4n) is 1.22. The van der Waals surface area contributed by atoms with Gasteiger partial charge in [0, 0.05) is 12.6 Å². The van der Waals surface area contributed by atoms with Gasteiger partial charge >= 0.3 is 0 Å². The van der Waals surface area contributed by atoms with Gasteiger partial charge in [-0.05, 0) is 31.5 Å². The molecule has 3 heteroatoms. The van der Waals surface area contributed by atoms with E-state index in [1.54, 1.807) is 19.1 Å². The molecule has 0 bridgehead atoms. The number of hydrogen-bond acceptors (Lipinski definition) is 2. The Bertz CT molecular complexity index is 271. The van der Waals surface area contributed by atoms with Gasteiger partial charge in [-0.15, -0.1) is 0 Å². The number of aliphatic hydroxyl groups is 1. The highest BCUT2D eigenvalue weighted by atomic mass is 19.1. The van der Waals surface area contributed by atoms with Gasteiger partial charge in [0.2, 0.25) is 0 Å². The normalized spacial score (nSPS) is 15.1. The van der Waals surface area contributed by atoms with Crippen molar-refractivity contribution in [2.24, 2.45) is 0 Å². The van der Waals surface area contributed by atoms with Crippen molar-refractivity contribution in [2.45, 2.75) is 26.0 Å². The van der Waals surface area contributed by atoms with E-state index in [0.29, 0.717) is 6.54 Å². The molecule has 0 aliphatic carbocycles. The molecular weight excluding hydrogens is 181 g/mol. The van der Waals surface area contributed by atoms with Crippen LogP contribution in [0.15, 0.2) is 24.3 Å². The molecule has 1 aromatic rings. The number of aliphatic hydroxyl groups excluding tert-OH is 1. The minimum atomic E-state index is -0.363. The number of nitrogens with one attached hydrogen (secondary N) is 1. The van der Waals surface area contributed by atoms with Gasteiger partial charge in [-0.3, -0.25) is 0 Å². The van der Waals surface area contributed by atoms with Gasteiger partial charge < -0.3 is 10.4 Å². The molecule has 1 aromatic carbocycles. The molecule has 78 valence electrons. The Hall–Kier alpha value is -0.930. The monoisotopic (exact) mass is 197 g/mol. The van der Waals surface area contributed by atoms with E-state index >= 15 is 0 Å². The van der Waals surface area contributed by atoms with Crippen LogP contribution < -0.4 is 5.32 Å². The number of halogens is 1. The first-order chi connectivity index (χ1) is 6.59. The standard InChI is InChI=1S/C11H16FNO/c1-8(14)7-13-9(2)10-3-5-11(12)6-4-10/h3-6,8-9,13-14H,7H2,1-2H3/t8-,9+/m1/s1. The zero-order valence-electron chi connectivity index (χ0n) is 8.50. The van der Waals surface area contributed by atoms with Crippen molar-refractivity contribution in [3.63, 3.8) is 0 Å². The molecule has 0 unspecified atom stereocenters. The minimum absolute atomic E-state index is 0.130. The molecule has 0 heterocycles. The molecule has 0 saturated carbocycles. The fraction of sp³-hybridized carbons (Fsp3) is 0.455. The van der Waals surface area contributed by atoms with Crippen molar-refractivity contribution in [3.8, 4) is 0 Å². The average Bonchev–Trinajstić information content (AvgIpc) is 2.15. The third-order valence-electron chi connectivity index (χ3n) is 2.09. The lowest BCUT2D eigenvalue weighted by Gasteiger charge is -2.15. The average molecular weight is 197 g/mol. The number of benzene rings is 1. The number of rotatable bonds is 4. The van der Waals surface area contributed by atoms with E-state index in [0.717, 1.165) is 5.56 Å². The second-order valence-electron chi connectivity index (χ2n) is 3.53. The summed E-state index contributed by atoms with van der Waals surface area (Å²) >= 11 is 0. The van der Waals surface area contributed by atoms with E-state index in [1.807, 2.05) is 6.92 Å². The minimum Gasteiger partial charge on any atom is -0.392 e. The Morgan fingerprint density at radius 1 is 1.29 bits per heavy atom. The summed E-state index contributed by atoms with van der Waals surface area (Å²) in [6, 6.07) is 6.50. The molecule has 2 N–H and O–H groups in total. The molecule has 2 atom stereocenters. The lowest BCUT2D eigenvalue weighted by molar-refractivity contribution is 0.187. The highest BCUT2D eigenvalue weighted by Gasteiger charge is 2.05. The van der Waals surface area contributed by atoms with Crippen LogP contribution in [0, 0.1) is 5.82 Å². The van der Waals surface area contributed by atoms with Gasteiger partial charge in [-0.1, -0.05) is 12.1 Å². The van der Waals surface area contributed by atoms with Crippen molar-refractivity contribution in [2.75, 3.05) is 6.54 Å². The molecule has 1 rings (SSSR count). The van der Waals surface area contributed by atoms with E-state index in [-0.39, 0.29) is 18.0 Å². The SMILES string of the molecule is C[C@H](NC[C@@H](C)O)c1ccc(F)cc1. The third-order valence-corrected chi connectivity index (χ3v) is 2.09. The molecule has 0 aliphatic rings. The van der Waals surface area contributed by atoms with Gasteiger partial charge in [-0.2, -0.15) is 0 Å². The predicted molar refractivity (Wildman–Crippen MR) is 54.5 cm³/mol. The van der Waals surface area contributed by atoms with E-state index in [4.69, 9.17) is 5.11 Å². The molecule has 0 amide bonds. The van der Waals surface area contributed by atoms with Gasteiger partial charge in [-0.25, -0.2) is 4.39 Å². The van der Waals surface area contributed by atoms with Crippen LogP contribution in [0.4, 0.5) is 4.39 Å². The second-order valence-corrected chi connectivity index (χ2v) is 3.53. The molecule has 0 saturated heterocycles. The second kappa shape index (κ2) is 5.08. The highest BCUT2D eigenvalue weighted by Crippen LogP contribution is 2.12. The first-order valence-corrected chi connectivity index (χ1v) is 4.76. The van der Waals surface area contributed by atoms with Crippen LogP contribution in [0.1, 0.15) is 25.5 Å². The Labute approximate surface area is 83.8 Å². The van der Waals surface area contributed by atoms with Crippen molar-refractivity contribution in [1.29, 1.82) is 0 Å². The summed E-state index contributed by atoms with van der Waals surface area (Å²) in [5, 5.41) is 12.2. The lowest BCUT2D eigenvalue weighted by atomic mass is 10.1. The van der Waals surface area contributed by atoms with E-state index in [9.17, 15) is 4.39 Å². The summed E-state index contributed by atoms with van der Waals surface area (Å²) in [6.07, 6.45) is -0.363. The van der Waals surface area contributed by atoms with Crippen molar-refractivity contribution in [1.82, 2.24) is 5.32 Å². The topological polar surface area (TPSA) is 32.3 Å². The number of hydrogen-bond donors (Lipinski definition) is 2. The molecule has 2 nitrogen and oxygen atoms in total. The molecule has 0 aromatic heterocycles. The Kier molecular flexibility index (Phi) is 4.04. The van der Waals surface area contributed by atoms with Crippen LogP contribution in [-0.2, 0) is 0 Å². The lowest BCUT2D eigenvalue weighted by Crippen LogP contribution is -2.27.